The predicted octanol–water partition coefficient (Wildman–Crippen LogP) is 1.77. The number of nitrogens with one attached hydrogen (secondary N) is 1. The van der Waals surface area contributed by atoms with E-state index in [1.54, 1.807) is 6.07 Å². The molecule has 7 heteroatoms. The summed E-state index contributed by atoms with van der Waals surface area (Å²) in [6.07, 6.45) is 1.10. The maximum atomic E-state index is 12.1. The number of carbonyl (C=O) groups is 2. The largest absolute Gasteiger partial charge is 0.476 e. The zero-order valence-corrected chi connectivity index (χ0v) is 11.4. The number of anilines is 1. The Morgan fingerprint density at radius 3 is 2.73 bits per heavy atom. The first-order valence-electron chi connectivity index (χ1n) is 6.54. The number of aromatic carboxylic acids is 1. The van der Waals surface area contributed by atoms with E-state index in [-0.39, 0.29) is 18.1 Å². The number of hydrogen-bond acceptors (Lipinski definition) is 4. The van der Waals surface area contributed by atoms with Crippen LogP contribution in [0.2, 0.25) is 0 Å². The molecule has 0 fully saturated rings. The molecule has 1 amide bonds. The molecule has 3 aromatic rings. The Balaban J connectivity index is 1.82. The summed E-state index contributed by atoms with van der Waals surface area (Å²) < 4.78 is 1.04. The van der Waals surface area contributed by atoms with Gasteiger partial charge in [-0.05, 0) is 11.5 Å². The van der Waals surface area contributed by atoms with Crippen LogP contribution < -0.4 is 5.32 Å². The van der Waals surface area contributed by atoms with Crippen LogP contribution in [0.3, 0.4) is 0 Å². The molecular weight excluding hydrogens is 284 g/mol. The van der Waals surface area contributed by atoms with Crippen LogP contribution in [-0.2, 0) is 11.3 Å². The van der Waals surface area contributed by atoms with Gasteiger partial charge in [-0.15, -0.1) is 5.10 Å². The van der Waals surface area contributed by atoms with Gasteiger partial charge in [0, 0.05) is 11.1 Å². The molecule has 0 saturated carbocycles. The minimum Gasteiger partial charge on any atom is -0.476 e. The summed E-state index contributed by atoms with van der Waals surface area (Å²) in [5.74, 6) is -1.55. The molecule has 110 valence electrons. The fourth-order valence-electron chi connectivity index (χ4n) is 2.20. The van der Waals surface area contributed by atoms with E-state index >= 15 is 0 Å². The highest BCUT2D eigenvalue weighted by atomic mass is 16.4. The van der Waals surface area contributed by atoms with Crippen molar-refractivity contribution in [3.63, 3.8) is 0 Å². The number of fused-ring (bicyclic) bond motifs is 1. The Labute approximate surface area is 125 Å². The van der Waals surface area contributed by atoms with Crippen molar-refractivity contribution in [1.29, 1.82) is 0 Å². The molecule has 2 aromatic carbocycles. The molecule has 1 aromatic heterocycles. The van der Waals surface area contributed by atoms with Crippen molar-refractivity contribution in [3.8, 4) is 0 Å². The quantitative estimate of drug-likeness (QED) is 0.764. The monoisotopic (exact) mass is 296 g/mol. The van der Waals surface area contributed by atoms with E-state index in [0.29, 0.717) is 5.69 Å². The molecule has 0 unspecified atom stereocenters. The third-order valence-corrected chi connectivity index (χ3v) is 3.19. The van der Waals surface area contributed by atoms with Gasteiger partial charge in [0.15, 0.2) is 5.69 Å². The van der Waals surface area contributed by atoms with Crippen molar-refractivity contribution < 1.29 is 14.7 Å². The lowest BCUT2D eigenvalue weighted by molar-refractivity contribution is -0.116. The lowest BCUT2D eigenvalue weighted by Gasteiger charge is -2.09. The summed E-state index contributed by atoms with van der Waals surface area (Å²) in [5, 5.41) is 20.8. The van der Waals surface area contributed by atoms with Crippen LogP contribution in [0.4, 0.5) is 5.69 Å². The minimum atomic E-state index is -1.18. The van der Waals surface area contributed by atoms with Crippen LogP contribution in [0, 0.1) is 0 Å². The Bertz CT molecular complexity index is 851. The van der Waals surface area contributed by atoms with E-state index < -0.39 is 5.97 Å². The number of carboxylic acids is 1. The molecule has 0 aliphatic carbocycles. The van der Waals surface area contributed by atoms with Crippen molar-refractivity contribution >= 4 is 28.3 Å². The molecule has 0 spiro atoms. The van der Waals surface area contributed by atoms with E-state index in [0.717, 1.165) is 21.7 Å². The Hall–Kier alpha value is -3.22. The normalized spacial score (nSPS) is 10.5. The fraction of sp³-hybridized carbons (Fsp3) is 0.0667. The standard InChI is InChI=1S/C15H12N4O3/c20-14(9-19-13(15(21)22)8-16-18-19)17-12-7-3-5-10-4-1-2-6-11(10)12/h1-8H,9H2,(H,17,20)(H,21,22). The predicted molar refractivity (Wildman–Crippen MR) is 79.6 cm³/mol. The first kappa shape index (κ1) is 13.7. The van der Waals surface area contributed by atoms with Gasteiger partial charge in [-0.2, -0.15) is 0 Å². The van der Waals surface area contributed by atoms with Gasteiger partial charge in [0.25, 0.3) is 0 Å². The number of amides is 1. The van der Waals surface area contributed by atoms with Gasteiger partial charge in [-0.1, -0.05) is 41.6 Å². The Kier molecular flexibility index (Phi) is 3.53. The number of rotatable bonds is 4. The van der Waals surface area contributed by atoms with E-state index in [4.69, 9.17) is 5.11 Å². The third kappa shape index (κ3) is 2.64. The molecule has 0 saturated heterocycles. The molecule has 0 atom stereocenters. The zero-order valence-electron chi connectivity index (χ0n) is 11.4. The van der Waals surface area contributed by atoms with Crippen molar-refractivity contribution in [3.05, 3.63) is 54.4 Å². The van der Waals surface area contributed by atoms with E-state index in [1.165, 1.54) is 0 Å². The van der Waals surface area contributed by atoms with E-state index in [2.05, 4.69) is 15.6 Å². The van der Waals surface area contributed by atoms with Crippen molar-refractivity contribution in [2.75, 3.05) is 5.32 Å². The summed E-state index contributed by atoms with van der Waals surface area (Å²) in [6, 6.07) is 13.2. The highest BCUT2D eigenvalue weighted by molar-refractivity contribution is 6.02. The second-order valence-electron chi connectivity index (χ2n) is 4.66. The Morgan fingerprint density at radius 2 is 1.91 bits per heavy atom. The van der Waals surface area contributed by atoms with Gasteiger partial charge in [0.2, 0.25) is 5.91 Å². The van der Waals surface area contributed by atoms with Crippen LogP contribution in [0.1, 0.15) is 10.5 Å². The minimum absolute atomic E-state index is 0.131. The molecule has 7 nitrogen and oxygen atoms in total. The first-order chi connectivity index (χ1) is 10.6. The second-order valence-corrected chi connectivity index (χ2v) is 4.66. The molecule has 0 aliphatic heterocycles. The van der Waals surface area contributed by atoms with E-state index in [9.17, 15) is 9.59 Å². The second kappa shape index (κ2) is 5.65. The smallest absolute Gasteiger partial charge is 0.355 e. The van der Waals surface area contributed by atoms with E-state index in [1.807, 2.05) is 36.4 Å². The highest BCUT2D eigenvalue weighted by Crippen LogP contribution is 2.22. The summed E-state index contributed by atoms with van der Waals surface area (Å²) in [6.45, 7) is -0.217. The first-order valence-corrected chi connectivity index (χ1v) is 6.54. The van der Waals surface area contributed by atoms with Gasteiger partial charge >= 0.3 is 5.97 Å². The molecule has 1 heterocycles. The van der Waals surface area contributed by atoms with Crippen LogP contribution in [0.15, 0.2) is 48.7 Å². The third-order valence-electron chi connectivity index (χ3n) is 3.19. The number of benzene rings is 2. The maximum absolute atomic E-state index is 12.1. The summed E-state index contributed by atoms with van der Waals surface area (Å²) in [4.78, 5) is 23.1. The summed E-state index contributed by atoms with van der Waals surface area (Å²) in [5.41, 5.74) is 0.535. The van der Waals surface area contributed by atoms with Gasteiger partial charge in [0.05, 0.1) is 6.20 Å². The van der Waals surface area contributed by atoms with Crippen molar-refractivity contribution in [2.45, 2.75) is 6.54 Å². The molecule has 0 aliphatic rings. The molecular formula is C15H12N4O3. The number of hydrogen-bond donors (Lipinski definition) is 2. The SMILES string of the molecule is O=C(Cn1nncc1C(=O)O)Nc1cccc2ccccc12. The summed E-state index contributed by atoms with van der Waals surface area (Å²) in [7, 11) is 0. The van der Waals surface area contributed by atoms with Gasteiger partial charge in [0.1, 0.15) is 6.54 Å². The van der Waals surface area contributed by atoms with Crippen molar-refractivity contribution in [1.82, 2.24) is 15.0 Å². The van der Waals surface area contributed by atoms with Gasteiger partial charge < -0.3 is 10.4 Å². The lowest BCUT2D eigenvalue weighted by Crippen LogP contribution is -2.22. The lowest BCUT2D eigenvalue weighted by atomic mass is 10.1. The van der Waals surface area contributed by atoms with Crippen LogP contribution in [-0.4, -0.2) is 32.0 Å². The number of nitrogens with zero attached hydrogens (tertiary/aromatic N) is 3. The zero-order chi connectivity index (χ0) is 15.5. The van der Waals surface area contributed by atoms with Crippen LogP contribution >= 0.6 is 0 Å². The molecule has 0 radical (unpaired) electrons. The van der Waals surface area contributed by atoms with Crippen LogP contribution in [0.25, 0.3) is 10.8 Å². The van der Waals surface area contributed by atoms with Crippen LogP contribution in [0.5, 0.6) is 0 Å². The average molecular weight is 296 g/mol. The topological polar surface area (TPSA) is 97.1 Å². The number of carboxylic acid groups (broad SMARTS) is 1. The molecule has 2 N–H and O–H groups in total. The highest BCUT2D eigenvalue weighted by Gasteiger charge is 2.14. The number of aromatic nitrogens is 3. The molecule has 0 bridgehead atoms. The van der Waals surface area contributed by atoms with Gasteiger partial charge in [-0.3, -0.25) is 4.79 Å². The fourth-order valence-corrected chi connectivity index (χ4v) is 2.20. The Morgan fingerprint density at radius 1 is 1.14 bits per heavy atom. The average Bonchev–Trinajstić information content (AvgIpc) is 2.96. The van der Waals surface area contributed by atoms with Crippen molar-refractivity contribution in [2.24, 2.45) is 0 Å². The summed E-state index contributed by atoms with van der Waals surface area (Å²) >= 11 is 0. The molecule has 22 heavy (non-hydrogen) atoms. The molecule has 3 rings (SSSR count). The number of carbonyl (C=O) groups excluding carboxylic acids is 1. The van der Waals surface area contributed by atoms with Gasteiger partial charge in [-0.25, -0.2) is 9.48 Å². The maximum Gasteiger partial charge on any atom is 0.355 e.